The molecule has 5 heteroatoms. The number of fused-ring (bicyclic) bond motifs is 1. The summed E-state index contributed by atoms with van der Waals surface area (Å²) in [7, 11) is 0. The number of imidazole rings is 1. The van der Waals surface area contributed by atoms with Crippen LogP contribution >= 0.6 is 11.6 Å². The van der Waals surface area contributed by atoms with E-state index in [1.54, 1.807) is 12.4 Å². The van der Waals surface area contributed by atoms with Crippen molar-refractivity contribution in [2.45, 2.75) is 6.61 Å². The van der Waals surface area contributed by atoms with Crippen LogP contribution in [0, 0.1) is 0 Å². The highest BCUT2D eigenvalue weighted by molar-refractivity contribution is 6.30. The van der Waals surface area contributed by atoms with Crippen molar-refractivity contribution in [2.24, 2.45) is 0 Å². The molecule has 3 aromatic heterocycles. The fourth-order valence-electron chi connectivity index (χ4n) is 1.68. The average Bonchev–Trinajstić information content (AvgIpc) is 2.79. The second-order valence-electron chi connectivity index (χ2n) is 3.82. The number of hydrogen-bond donors (Lipinski definition) is 0. The van der Waals surface area contributed by atoms with Crippen molar-refractivity contribution in [2.75, 3.05) is 0 Å². The lowest BCUT2D eigenvalue weighted by Crippen LogP contribution is -1.95. The summed E-state index contributed by atoms with van der Waals surface area (Å²) in [6, 6.07) is 7.38. The summed E-state index contributed by atoms with van der Waals surface area (Å²) in [5, 5.41) is 0.680. The van der Waals surface area contributed by atoms with Gasteiger partial charge in [0.05, 0.1) is 16.9 Å². The standard InChI is InChI=1S/C13H10ClN3O/c14-10-3-4-13-16-11(8-17(13)7-10)9-18-12-2-1-5-15-6-12/h1-8H,9H2. The molecule has 0 amide bonds. The molecule has 0 radical (unpaired) electrons. The maximum atomic E-state index is 5.91. The molecular formula is C13H10ClN3O. The zero-order valence-electron chi connectivity index (χ0n) is 9.45. The molecule has 3 heterocycles. The minimum absolute atomic E-state index is 0.408. The fourth-order valence-corrected chi connectivity index (χ4v) is 1.84. The average molecular weight is 260 g/mol. The molecule has 0 unspecified atom stereocenters. The van der Waals surface area contributed by atoms with E-state index in [0.29, 0.717) is 11.6 Å². The lowest BCUT2D eigenvalue weighted by atomic mass is 10.4. The molecule has 0 saturated carbocycles. The predicted octanol–water partition coefficient (Wildman–Crippen LogP) is 2.96. The van der Waals surface area contributed by atoms with E-state index < -0.39 is 0 Å². The molecule has 0 atom stereocenters. The first-order valence-corrected chi connectivity index (χ1v) is 5.85. The summed E-state index contributed by atoms with van der Waals surface area (Å²) in [4.78, 5) is 8.41. The third-order valence-electron chi connectivity index (χ3n) is 2.49. The van der Waals surface area contributed by atoms with Gasteiger partial charge in [-0.15, -0.1) is 0 Å². The second kappa shape index (κ2) is 4.66. The second-order valence-corrected chi connectivity index (χ2v) is 4.26. The van der Waals surface area contributed by atoms with Gasteiger partial charge in [-0.1, -0.05) is 11.6 Å². The molecule has 4 nitrogen and oxygen atoms in total. The normalized spacial score (nSPS) is 10.7. The Hall–Kier alpha value is -2.07. The number of aromatic nitrogens is 3. The van der Waals surface area contributed by atoms with E-state index in [4.69, 9.17) is 16.3 Å². The summed E-state index contributed by atoms with van der Waals surface area (Å²) < 4.78 is 7.46. The van der Waals surface area contributed by atoms with Crippen LogP contribution in [0.5, 0.6) is 5.75 Å². The van der Waals surface area contributed by atoms with Gasteiger partial charge in [-0.2, -0.15) is 0 Å². The van der Waals surface area contributed by atoms with Crippen LogP contribution in [-0.4, -0.2) is 14.4 Å². The van der Waals surface area contributed by atoms with Crippen molar-refractivity contribution in [3.05, 3.63) is 59.8 Å². The first kappa shape index (κ1) is 11.0. The number of ether oxygens (including phenoxy) is 1. The molecule has 0 aromatic carbocycles. The van der Waals surface area contributed by atoms with Gasteiger partial charge in [0.25, 0.3) is 0 Å². The largest absolute Gasteiger partial charge is 0.486 e. The summed E-state index contributed by atoms with van der Waals surface area (Å²) >= 11 is 5.91. The van der Waals surface area contributed by atoms with Crippen LogP contribution in [0.15, 0.2) is 49.1 Å². The number of nitrogens with zero attached hydrogens (tertiary/aromatic N) is 3. The Morgan fingerprint density at radius 1 is 1.22 bits per heavy atom. The number of halogens is 1. The van der Waals surface area contributed by atoms with E-state index in [0.717, 1.165) is 17.1 Å². The molecule has 18 heavy (non-hydrogen) atoms. The highest BCUT2D eigenvalue weighted by atomic mass is 35.5. The lowest BCUT2D eigenvalue weighted by molar-refractivity contribution is 0.301. The molecule has 90 valence electrons. The number of hydrogen-bond acceptors (Lipinski definition) is 3. The molecule has 0 fully saturated rings. The summed E-state index contributed by atoms with van der Waals surface area (Å²) in [6.45, 7) is 0.408. The van der Waals surface area contributed by atoms with Crippen LogP contribution in [0.3, 0.4) is 0 Å². The van der Waals surface area contributed by atoms with E-state index in [1.165, 1.54) is 0 Å². The van der Waals surface area contributed by atoms with E-state index in [2.05, 4.69) is 9.97 Å². The molecule has 0 saturated heterocycles. The number of rotatable bonds is 3. The van der Waals surface area contributed by atoms with E-state index in [-0.39, 0.29) is 0 Å². The Morgan fingerprint density at radius 2 is 2.17 bits per heavy atom. The van der Waals surface area contributed by atoms with Crippen LogP contribution < -0.4 is 4.74 Å². The Morgan fingerprint density at radius 3 is 3.00 bits per heavy atom. The van der Waals surface area contributed by atoms with E-state index >= 15 is 0 Å². The maximum absolute atomic E-state index is 5.91. The predicted molar refractivity (Wildman–Crippen MR) is 68.8 cm³/mol. The Balaban J connectivity index is 1.79. The van der Waals surface area contributed by atoms with Crippen molar-refractivity contribution in [1.29, 1.82) is 0 Å². The first-order valence-electron chi connectivity index (χ1n) is 5.47. The zero-order valence-corrected chi connectivity index (χ0v) is 10.2. The molecule has 3 rings (SSSR count). The van der Waals surface area contributed by atoms with Gasteiger partial charge in [-0.25, -0.2) is 4.98 Å². The minimum atomic E-state index is 0.408. The molecule has 0 bridgehead atoms. The Labute approximate surface area is 109 Å². The number of pyridine rings is 2. The molecule has 0 aliphatic carbocycles. The Bertz CT molecular complexity index is 666. The van der Waals surface area contributed by atoms with Crippen LogP contribution in [0.1, 0.15) is 5.69 Å². The van der Waals surface area contributed by atoms with Crippen LogP contribution in [0.2, 0.25) is 5.02 Å². The van der Waals surface area contributed by atoms with Gasteiger partial charge in [0.2, 0.25) is 0 Å². The molecular weight excluding hydrogens is 250 g/mol. The molecule has 0 spiro atoms. The van der Waals surface area contributed by atoms with Gasteiger partial charge in [0, 0.05) is 18.6 Å². The third kappa shape index (κ3) is 2.28. The van der Waals surface area contributed by atoms with E-state index in [9.17, 15) is 0 Å². The van der Waals surface area contributed by atoms with Gasteiger partial charge < -0.3 is 9.14 Å². The molecule has 0 N–H and O–H groups in total. The van der Waals surface area contributed by atoms with Crippen molar-refractivity contribution < 1.29 is 4.74 Å². The lowest BCUT2D eigenvalue weighted by Gasteiger charge is -2.01. The molecule has 0 aliphatic rings. The van der Waals surface area contributed by atoms with Crippen molar-refractivity contribution in [3.63, 3.8) is 0 Å². The SMILES string of the molecule is Clc1ccc2nc(COc3cccnc3)cn2c1. The third-order valence-corrected chi connectivity index (χ3v) is 2.71. The first-order chi connectivity index (χ1) is 8.81. The van der Waals surface area contributed by atoms with Gasteiger partial charge >= 0.3 is 0 Å². The van der Waals surface area contributed by atoms with Crippen molar-refractivity contribution in [1.82, 2.24) is 14.4 Å². The van der Waals surface area contributed by atoms with E-state index in [1.807, 2.05) is 41.1 Å². The van der Waals surface area contributed by atoms with Crippen LogP contribution in [-0.2, 0) is 6.61 Å². The highest BCUT2D eigenvalue weighted by Gasteiger charge is 2.03. The smallest absolute Gasteiger partial charge is 0.138 e. The maximum Gasteiger partial charge on any atom is 0.138 e. The van der Waals surface area contributed by atoms with Gasteiger partial charge in [0.1, 0.15) is 18.0 Å². The summed E-state index contributed by atoms with van der Waals surface area (Å²) in [5.41, 5.74) is 1.70. The van der Waals surface area contributed by atoms with Gasteiger partial charge in [0.15, 0.2) is 0 Å². The molecule has 3 aromatic rings. The summed E-state index contributed by atoms with van der Waals surface area (Å²) in [6.07, 6.45) is 7.10. The van der Waals surface area contributed by atoms with Crippen LogP contribution in [0.25, 0.3) is 5.65 Å². The van der Waals surface area contributed by atoms with Crippen molar-refractivity contribution >= 4 is 17.2 Å². The van der Waals surface area contributed by atoms with Crippen molar-refractivity contribution in [3.8, 4) is 5.75 Å². The highest BCUT2D eigenvalue weighted by Crippen LogP contribution is 2.13. The zero-order chi connectivity index (χ0) is 12.4. The summed E-state index contributed by atoms with van der Waals surface area (Å²) in [5.74, 6) is 0.729. The minimum Gasteiger partial charge on any atom is -0.486 e. The Kier molecular flexibility index (Phi) is 2.86. The topological polar surface area (TPSA) is 39.4 Å². The monoisotopic (exact) mass is 259 g/mol. The quantitative estimate of drug-likeness (QED) is 0.726. The fraction of sp³-hybridized carbons (Fsp3) is 0.0769. The van der Waals surface area contributed by atoms with Crippen LogP contribution in [0.4, 0.5) is 0 Å². The van der Waals surface area contributed by atoms with Gasteiger partial charge in [-0.3, -0.25) is 4.98 Å². The van der Waals surface area contributed by atoms with Gasteiger partial charge in [-0.05, 0) is 24.3 Å². The molecule has 0 aliphatic heterocycles.